The number of hydrogen-bond donors (Lipinski definition) is 2. The van der Waals surface area contributed by atoms with Gasteiger partial charge in [0.1, 0.15) is 0 Å². The number of carbonyl (C=O) groups excluding carboxylic acids is 1. The van der Waals surface area contributed by atoms with E-state index in [9.17, 15) is 4.79 Å². The summed E-state index contributed by atoms with van der Waals surface area (Å²) in [7, 11) is 0. The molecule has 8 heteroatoms. The number of aryl methyl sites for hydroxylation is 3. The van der Waals surface area contributed by atoms with E-state index in [4.69, 9.17) is 19.9 Å². The maximum Gasteiger partial charge on any atom is 2.00 e. The Kier molecular flexibility index (Phi) is 14.3. The zero-order valence-corrected chi connectivity index (χ0v) is 44.2. The molecule has 7 nitrogen and oxygen atoms in total. The molecule has 13 rings (SSSR count). The molecule has 8 bridgehead atoms. The normalized spacial score (nSPS) is 11.9. The van der Waals surface area contributed by atoms with Gasteiger partial charge in [0.15, 0.2) is 0 Å². The fourth-order valence-corrected chi connectivity index (χ4v) is 10.2. The summed E-state index contributed by atoms with van der Waals surface area (Å²) < 4.78 is 0. The zero-order valence-electron chi connectivity index (χ0n) is 42.7. The monoisotopic (exact) mass is 1090 g/mol. The van der Waals surface area contributed by atoms with Crippen molar-refractivity contribution >= 4 is 52.2 Å². The standard InChI is InChI=1S/C46H32N4.C23H20N2O.Pd/c1-29-13-17-33(18-14-29)45-39-25-21-35(47-39)43(31-9-5-3-6-10-31)37-23-27-41(49-37)46(34-19-15-30(2)16-20-34)42-28-24-38(50-42)44(32-11-7-4-8-12-32)36-22-26-40(45)48-36;1-16-9-11-18(12-10-16)23(26)21-14-13-20(25-21)22(19-8-5-15-24-19)17-6-3-2-4-7-17;/h3-28H,1-2H3;2-15,22,24-25H,1H3;/q-2;;+2. The van der Waals surface area contributed by atoms with Crippen LogP contribution in [0.15, 0.2) is 219 Å². The third kappa shape index (κ3) is 10.3. The number of aromatic amines is 2. The molecule has 6 aromatic carbocycles. The predicted octanol–water partition coefficient (Wildman–Crippen LogP) is 16.3. The molecule has 2 aliphatic heterocycles. The van der Waals surface area contributed by atoms with Crippen LogP contribution in [0.5, 0.6) is 0 Å². The zero-order chi connectivity index (χ0) is 51.5. The molecule has 0 saturated carbocycles. The van der Waals surface area contributed by atoms with E-state index in [2.05, 4.69) is 188 Å². The number of carbonyl (C=O) groups is 1. The summed E-state index contributed by atoms with van der Waals surface area (Å²) in [5.41, 5.74) is 23.2. The third-order valence-electron chi connectivity index (χ3n) is 14.1. The Morgan fingerprint density at radius 3 is 1.19 bits per heavy atom. The average Bonchev–Trinajstić information content (AvgIpc) is 4.34. The van der Waals surface area contributed by atoms with Crippen molar-refractivity contribution in [3.05, 3.63) is 286 Å². The number of rotatable bonds is 9. The third-order valence-corrected chi connectivity index (χ3v) is 14.1. The topological polar surface area (TPSA) is 103 Å². The van der Waals surface area contributed by atoms with Crippen LogP contribution >= 0.6 is 0 Å². The first-order valence-corrected chi connectivity index (χ1v) is 25.6. The Balaban J connectivity index is 0.000000197. The van der Waals surface area contributed by atoms with Crippen LogP contribution in [0.3, 0.4) is 0 Å². The molecule has 2 aliphatic rings. The summed E-state index contributed by atoms with van der Waals surface area (Å²) in [6.07, 6.45) is 10.4. The summed E-state index contributed by atoms with van der Waals surface area (Å²) in [5.74, 6) is 0.0420. The molecule has 1 atom stereocenters. The smallest absolute Gasteiger partial charge is 0.657 e. The molecule has 77 heavy (non-hydrogen) atoms. The van der Waals surface area contributed by atoms with Crippen LogP contribution in [0.4, 0.5) is 0 Å². The fourth-order valence-electron chi connectivity index (χ4n) is 10.2. The predicted molar refractivity (Wildman–Crippen MR) is 312 cm³/mol. The molecule has 374 valence electrons. The van der Waals surface area contributed by atoms with Gasteiger partial charge >= 0.3 is 20.4 Å². The molecule has 0 radical (unpaired) electrons. The maximum atomic E-state index is 12.8. The number of nitrogens with zero attached hydrogens (tertiary/aromatic N) is 4. The number of H-pyrrole nitrogens is 2. The average molecular weight is 1090 g/mol. The molecule has 7 heterocycles. The van der Waals surface area contributed by atoms with E-state index in [0.29, 0.717) is 11.3 Å². The minimum Gasteiger partial charge on any atom is -0.657 e. The summed E-state index contributed by atoms with van der Waals surface area (Å²) in [5, 5.41) is 0. The molecule has 0 fully saturated rings. The first kappa shape index (κ1) is 50.0. The summed E-state index contributed by atoms with van der Waals surface area (Å²) in [6, 6.07) is 72.4. The first-order chi connectivity index (χ1) is 37.3. The van der Waals surface area contributed by atoms with Gasteiger partial charge in [-0.1, -0.05) is 205 Å². The van der Waals surface area contributed by atoms with E-state index >= 15 is 0 Å². The second kappa shape index (κ2) is 22.0. The van der Waals surface area contributed by atoms with Crippen molar-refractivity contribution in [1.29, 1.82) is 0 Å². The Morgan fingerprint density at radius 2 is 0.792 bits per heavy atom. The van der Waals surface area contributed by atoms with Gasteiger partial charge in [-0.3, -0.25) is 4.79 Å². The Hall–Kier alpha value is -9.19. The van der Waals surface area contributed by atoms with Gasteiger partial charge in [0.25, 0.3) is 0 Å². The van der Waals surface area contributed by atoms with Crippen LogP contribution in [0.2, 0.25) is 0 Å². The Morgan fingerprint density at radius 1 is 0.403 bits per heavy atom. The van der Waals surface area contributed by atoms with Crippen molar-refractivity contribution in [3.63, 3.8) is 0 Å². The molecule has 0 aliphatic carbocycles. The summed E-state index contributed by atoms with van der Waals surface area (Å²) >= 11 is 0. The SMILES string of the molecule is Cc1ccc(-c2c3nc(c(-c4ccccc4)c4ccc([n-]4)c(-c4ccc(C)cc4)c4nc(c(-c5ccccc5)c5ccc2[n-]5)C=C4)C=C3)cc1.Cc1ccc(C(=O)c2ccc(C(c3ccccc3)c3ccc[nH]3)[nH]2)cc1.[Pd+2]. The van der Waals surface area contributed by atoms with Crippen LogP contribution in [-0.4, -0.2) is 25.7 Å². The van der Waals surface area contributed by atoms with Gasteiger partial charge in [-0.05, 0) is 119 Å². The molecular formula is C69H52N6OPd. The van der Waals surface area contributed by atoms with Gasteiger partial charge in [-0.25, -0.2) is 9.97 Å². The summed E-state index contributed by atoms with van der Waals surface area (Å²) in [6.45, 7) is 6.23. The Labute approximate surface area is 461 Å². The maximum absolute atomic E-state index is 12.8. The van der Waals surface area contributed by atoms with Crippen molar-refractivity contribution in [1.82, 2.24) is 29.9 Å². The molecule has 0 spiro atoms. The molecular weight excluding hydrogens is 1040 g/mol. The van der Waals surface area contributed by atoms with Crippen molar-refractivity contribution in [3.8, 4) is 44.5 Å². The van der Waals surface area contributed by atoms with Crippen molar-refractivity contribution in [2.24, 2.45) is 0 Å². The number of aromatic nitrogens is 6. The Bertz CT molecular complexity index is 3930. The summed E-state index contributed by atoms with van der Waals surface area (Å²) in [4.78, 5) is 40.8. The fraction of sp³-hybridized carbons (Fsp3) is 0.0580. The van der Waals surface area contributed by atoms with Crippen LogP contribution < -0.4 is 9.97 Å². The number of ketones is 1. The number of benzene rings is 6. The van der Waals surface area contributed by atoms with Gasteiger partial charge in [-0.15, -0.1) is 22.1 Å². The van der Waals surface area contributed by atoms with Gasteiger partial charge in [-0.2, -0.15) is 0 Å². The quantitative estimate of drug-likeness (QED) is 0.111. The van der Waals surface area contributed by atoms with Crippen LogP contribution in [-0.2, 0) is 20.4 Å². The van der Waals surface area contributed by atoms with Crippen molar-refractivity contribution in [2.75, 3.05) is 0 Å². The second-order valence-electron chi connectivity index (χ2n) is 19.3. The number of nitrogens with one attached hydrogen (secondary N) is 2. The minimum absolute atomic E-state index is 0. The van der Waals surface area contributed by atoms with Gasteiger partial charge in [0, 0.05) is 23.1 Å². The molecule has 1 unspecified atom stereocenters. The van der Waals surface area contributed by atoms with E-state index in [0.717, 1.165) is 106 Å². The molecule has 0 saturated heterocycles. The van der Waals surface area contributed by atoms with Gasteiger partial charge < -0.3 is 19.9 Å². The van der Waals surface area contributed by atoms with Crippen molar-refractivity contribution < 1.29 is 25.2 Å². The number of fused-ring (bicyclic) bond motifs is 8. The van der Waals surface area contributed by atoms with Crippen LogP contribution in [0.25, 0.3) is 90.9 Å². The van der Waals surface area contributed by atoms with E-state index in [1.807, 2.05) is 85.9 Å². The molecule has 0 amide bonds. The van der Waals surface area contributed by atoms with Gasteiger partial charge in [0.05, 0.1) is 34.4 Å². The van der Waals surface area contributed by atoms with Crippen LogP contribution in [0, 0.1) is 20.8 Å². The van der Waals surface area contributed by atoms with E-state index in [1.54, 1.807) is 0 Å². The minimum atomic E-state index is 0. The molecule has 2 N–H and O–H groups in total. The number of hydrogen-bond acceptors (Lipinski definition) is 3. The van der Waals surface area contributed by atoms with Crippen molar-refractivity contribution in [2.45, 2.75) is 26.7 Å². The van der Waals surface area contributed by atoms with E-state index in [-0.39, 0.29) is 32.1 Å². The van der Waals surface area contributed by atoms with E-state index in [1.165, 1.54) is 16.7 Å². The van der Waals surface area contributed by atoms with Crippen LogP contribution in [0.1, 0.15) is 78.4 Å². The molecule has 11 aromatic rings. The molecule has 5 aromatic heterocycles. The largest absolute Gasteiger partial charge is 2.00 e. The second-order valence-corrected chi connectivity index (χ2v) is 19.3. The first-order valence-electron chi connectivity index (χ1n) is 25.6. The van der Waals surface area contributed by atoms with Gasteiger partial charge in [0.2, 0.25) is 5.78 Å². The van der Waals surface area contributed by atoms with E-state index < -0.39 is 0 Å².